The lowest BCUT2D eigenvalue weighted by Crippen LogP contribution is -2.37. The Morgan fingerprint density at radius 2 is 2.00 bits per heavy atom. The molecule has 3 N–H and O–H groups in total. The Morgan fingerprint density at radius 3 is 2.74 bits per heavy atom. The second kappa shape index (κ2) is 6.50. The molecule has 3 unspecified atom stereocenters. The summed E-state index contributed by atoms with van der Waals surface area (Å²) in [6.45, 7) is 4.72. The summed E-state index contributed by atoms with van der Waals surface area (Å²) < 4.78 is 2.10. The average Bonchev–Trinajstić information content (AvgIpc) is 3.17. The average molecular weight is 313 g/mol. The molecule has 0 saturated carbocycles. The van der Waals surface area contributed by atoms with E-state index in [4.69, 9.17) is 5.73 Å². The van der Waals surface area contributed by atoms with Crippen LogP contribution in [0, 0.1) is 5.92 Å². The summed E-state index contributed by atoms with van der Waals surface area (Å²) >= 11 is 0. The number of amides is 1. The molecule has 6 nitrogen and oxygen atoms in total. The number of benzene rings is 1. The number of carbonyl (C=O) groups excluding carboxylic acids is 1. The van der Waals surface area contributed by atoms with Crippen LogP contribution in [-0.2, 0) is 17.8 Å². The Morgan fingerprint density at radius 1 is 1.26 bits per heavy atom. The molecule has 122 valence electrons. The van der Waals surface area contributed by atoms with Gasteiger partial charge in [-0.1, -0.05) is 37.3 Å². The number of rotatable bonds is 5. The first kappa shape index (κ1) is 15.7. The highest BCUT2D eigenvalue weighted by atomic mass is 16.2. The number of carbonyl (C=O) groups is 1. The van der Waals surface area contributed by atoms with E-state index in [1.165, 1.54) is 0 Å². The van der Waals surface area contributed by atoms with Crippen molar-refractivity contribution in [2.24, 2.45) is 11.7 Å². The number of aromatic nitrogens is 3. The molecule has 0 fully saturated rings. The van der Waals surface area contributed by atoms with E-state index in [-0.39, 0.29) is 23.9 Å². The molecule has 0 radical (unpaired) electrons. The van der Waals surface area contributed by atoms with Crippen molar-refractivity contribution in [2.75, 3.05) is 0 Å². The summed E-state index contributed by atoms with van der Waals surface area (Å²) in [7, 11) is 0. The van der Waals surface area contributed by atoms with Gasteiger partial charge < -0.3 is 15.6 Å². The third kappa shape index (κ3) is 3.12. The second-order valence-electron chi connectivity index (χ2n) is 6.19. The van der Waals surface area contributed by atoms with E-state index in [0.717, 1.165) is 36.6 Å². The largest absolute Gasteiger partial charge is 0.346 e. The van der Waals surface area contributed by atoms with Crippen LogP contribution >= 0.6 is 0 Å². The second-order valence-corrected chi connectivity index (χ2v) is 6.19. The molecule has 3 atom stereocenters. The van der Waals surface area contributed by atoms with Gasteiger partial charge in [-0.25, -0.2) is 0 Å². The van der Waals surface area contributed by atoms with Crippen LogP contribution < -0.4 is 11.1 Å². The number of hydrogen-bond acceptors (Lipinski definition) is 4. The van der Waals surface area contributed by atoms with Crippen molar-refractivity contribution >= 4 is 5.91 Å². The molecule has 2 heterocycles. The summed E-state index contributed by atoms with van der Waals surface area (Å²) in [5.41, 5.74) is 7.19. The maximum Gasteiger partial charge on any atom is 0.225 e. The minimum absolute atomic E-state index is 0.0656. The monoisotopic (exact) mass is 313 g/mol. The van der Waals surface area contributed by atoms with Crippen LogP contribution in [0.25, 0.3) is 0 Å². The lowest BCUT2D eigenvalue weighted by molar-refractivity contribution is -0.125. The van der Waals surface area contributed by atoms with Crippen molar-refractivity contribution in [1.29, 1.82) is 0 Å². The highest BCUT2D eigenvalue weighted by Crippen LogP contribution is 2.22. The van der Waals surface area contributed by atoms with Gasteiger partial charge in [0, 0.05) is 19.0 Å². The topological polar surface area (TPSA) is 85.8 Å². The van der Waals surface area contributed by atoms with Crippen molar-refractivity contribution in [3.63, 3.8) is 0 Å². The SMILES string of the molecule is CC(NC(=O)C(C)C(N)c1ccccc1)c1nnc2n1CCC2. The number of fused-ring (bicyclic) bond motifs is 1. The molecule has 1 aliphatic rings. The van der Waals surface area contributed by atoms with Gasteiger partial charge in [-0.15, -0.1) is 10.2 Å². The number of nitrogens with one attached hydrogen (secondary N) is 1. The first-order valence-corrected chi connectivity index (χ1v) is 8.11. The molecule has 1 aliphatic heterocycles. The smallest absolute Gasteiger partial charge is 0.225 e. The summed E-state index contributed by atoms with van der Waals surface area (Å²) in [5.74, 6) is 1.45. The first-order valence-electron chi connectivity index (χ1n) is 8.11. The molecule has 23 heavy (non-hydrogen) atoms. The molecule has 1 aromatic carbocycles. The molecule has 1 aromatic heterocycles. The molecule has 2 aromatic rings. The Bertz CT molecular complexity index is 682. The van der Waals surface area contributed by atoms with Gasteiger partial charge in [0.05, 0.1) is 12.0 Å². The van der Waals surface area contributed by atoms with Gasteiger partial charge in [-0.05, 0) is 18.9 Å². The van der Waals surface area contributed by atoms with E-state index in [1.807, 2.05) is 44.2 Å². The zero-order valence-electron chi connectivity index (χ0n) is 13.6. The minimum Gasteiger partial charge on any atom is -0.346 e. The third-order valence-electron chi connectivity index (χ3n) is 4.52. The molecule has 6 heteroatoms. The molecule has 1 amide bonds. The van der Waals surface area contributed by atoms with E-state index in [9.17, 15) is 4.79 Å². The van der Waals surface area contributed by atoms with Crippen LogP contribution in [0.1, 0.15) is 49.6 Å². The number of aryl methyl sites for hydroxylation is 1. The summed E-state index contributed by atoms with van der Waals surface area (Å²) in [6, 6.07) is 9.20. The Balaban J connectivity index is 1.66. The van der Waals surface area contributed by atoms with E-state index >= 15 is 0 Å². The molecule has 3 rings (SSSR count). The molecular formula is C17H23N5O. The standard InChI is InChI=1S/C17H23N5O/c1-11(15(18)13-7-4-3-5-8-13)17(23)19-12(2)16-21-20-14-9-6-10-22(14)16/h3-5,7-8,11-12,15H,6,9-10,18H2,1-2H3,(H,19,23). The zero-order chi connectivity index (χ0) is 16.4. The van der Waals surface area contributed by atoms with E-state index in [0.29, 0.717) is 0 Å². The lowest BCUT2D eigenvalue weighted by atomic mass is 9.94. The van der Waals surface area contributed by atoms with E-state index in [1.54, 1.807) is 0 Å². The van der Waals surface area contributed by atoms with Crippen LogP contribution in [0.2, 0.25) is 0 Å². The molecule has 0 bridgehead atoms. The van der Waals surface area contributed by atoms with Crippen LogP contribution in [0.3, 0.4) is 0 Å². The highest BCUT2D eigenvalue weighted by Gasteiger charge is 2.26. The van der Waals surface area contributed by atoms with Crippen molar-refractivity contribution in [3.8, 4) is 0 Å². The van der Waals surface area contributed by atoms with Gasteiger partial charge in [-0.3, -0.25) is 4.79 Å². The van der Waals surface area contributed by atoms with Crippen molar-refractivity contribution < 1.29 is 4.79 Å². The Hall–Kier alpha value is -2.21. The zero-order valence-corrected chi connectivity index (χ0v) is 13.6. The fourth-order valence-corrected chi connectivity index (χ4v) is 3.03. The Kier molecular flexibility index (Phi) is 4.43. The predicted octanol–water partition coefficient (Wildman–Crippen LogP) is 1.74. The normalized spacial score (nSPS) is 17.3. The van der Waals surface area contributed by atoms with Gasteiger partial charge in [0.25, 0.3) is 0 Å². The van der Waals surface area contributed by atoms with Crippen LogP contribution in [-0.4, -0.2) is 20.7 Å². The Labute approximate surface area is 136 Å². The van der Waals surface area contributed by atoms with Crippen molar-refractivity contribution in [3.05, 3.63) is 47.5 Å². The maximum atomic E-state index is 12.5. The number of nitrogens with zero attached hydrogens (tertiary/aromatic N) is 3. The van der Waals surface area contributed by atoms with Crippen LogP contribution in [0.4, 0.5) is 0 Å². The lowest BCUT2D eigenvalue weighted by Gasteiger charge is -2.22. The van der Waals surface area contributed by atoms with Gasteiger partial charge in [-0.2, -0.15) is 0 Å². The summed E-state index contributed by atoms with van der Waals surface area (Å²) in [5, 5.41) is 11.4. The van der Waals surface area contributed by atoms with Crippen molar-refractivity contribution in [2.45, 2.75) is 45.3 Å². The molecule has 0 aliphatic carbocycles. The predicted molar refractivity (Wildman–Crippen MR) is 87.4 cm³/mol. The van der Waals surface area contributed by atoms with Gasteiger partial charge in [0.1, 0.15) is 5.82 Å². The quantitative estimate of drug-likeness (QED) is 0.880. The fourth-order valence-electron chi connectivity index (χ4n) is 3.03. The minimum atomic E-state index is -0.326. The van der Waals surface area contributed by atoms with Crippen LogP contribution in [0.5, 0.6) is 0 Å². The first-order chi connectivity index (χ1) is 11.1. The van der Waals surface area contributed by atoms with Crippen molar-refractivity contribution in [1.82, 2.24) is 20.1 Å². The molecular weight excluding hydrogens is 290 g/mol. The van der Waals surface area contributed by atoms with E-state index < -0.39 is 0 Å². The summed E-state index contributed by atoms with van der Waals surface area (Å²) in [4.78, 5) is 12.5. The maximum absolute atomic E-state index is 12.5. The summed E-state index contributed by atoms with van der Waals surface area (Å²) in [6.07, 6.45) is 2.05. The fraction of sp³-hybridized carbons (Fsp3) is 0.471. The van der Waals surface area contributed by atoms with Gasteiger partial charge >= 0.3 is 0 Å². The van der Waals surface area contributed by atoms with E-state index in [2.05, 4.69) is 20.1 Å². The van der Waals surface area contributed by atoms with Gasteiger partial charge in [0.15, 0.2) is 5.82 Å². The molecule has 0 spiro atoms. The number of hydrogen-bond donors (Lipinski definition) is 2. The van der Waals surface area contributed by atoms with Gasteiger partial charge in [0.2, 0.25) is 5.91 Å². The number of nitrogens with two attached hydrogens (primary N) is 1. The highest BCUT2D eigenvalue weighted by molar-refractivity contribution is 5.79. The third-order valence-corrected chi connectivity index (χ3v) is 4.52. The van der Waals surface area contributed by atoms with Crippen LogP contribution in [0.15, 0.2) is 30.3 Å². The molecule has 0 saturated heterocycles.